The molecule has 0 radical (unpaired) electrons. The smallest absolute Gasteiger partial charge is 0.255 e. The number of rotatable bonds is 8. The van der Waals surface area contributed by atoms with Crippen molar-refractivity contribution in [2.45, 2.75) is 51.1 Å². The lowest BCUT2D eigenvalue weighted by Gasteiger charge is -2.36. The first-order chi connectivity index (χ1) is 18.2. The van der Waals surface area contributed by atoms with E-state index in [4.69, 9.17) is 4.74 Å². The SMILES string of the molecule is BC(C)(F)CN1CCN(Cc2cccc(COc3cccc4c3CN(C3CCC(=C)NC3=O)C4=O)c2)CC1. The third-order valence-electron chi connectivity index (χ3n) is 7.51. The molecule has 2 atom stereocenters. The van der Waals surface area contributed by atoms with Gasteiger partial charge in [-0.3, -0.25) is 23.8 Å². The van der Waals surface area contributed by atoms with Gasteiger partial charge in [-0.2, -0.15) is 0 Å². The van der Waals surface area contributed by atoms with Gasteiger partial charge in [0.05, 0.1) is 12.1 Å². The standard InChI is InChI=1S/C29H36BFN4O3/c1-20-9-10-25(27(36)32-20)35-17-24-23(28(35)37)7-4-8-26(24)38-18-22-6-3-5-21(15-22)16-33-11-13-34(14-12-33)19-29(2,30)31/h3-8,15,25H,1,9-14,16-19,30H2,2H3,(H,32,36). The molecule has 0 aliphatic carbocycles. The first-order valence-electron chi connectivity index (χ1n) is 13.4. The van der Waals surface area contributed by atoms with Gasteiger partial charge in [0.2, 0.25) is 5.91 Å². The quantitative estimate of drug-likeness (QED) is 0.545. The topological polar surface area (TPSA) is 65.1 Å². The van der Waals surface area contributed by atoms with Gasteiger partial charge in [-0.25, -0.2) is 0 Å². The Hall–Kier alpha value is -3.17. The zero-order chi connectivity index (χ0) is 26.9. The Morgan fingerprint density at radius 1 is 1.11 bits per heavy atom. The third-order valence-corrected chi connectivity index (χ3v) is 7.51. The van der Waals surface area contributed by atoms with Crippen molar-refractivity contribution >= 4 is 19.7 Å². The maximum absolute atomic E-state index is 14.0. The lowest BCUT2D eigenvalue weighted by atomic mass is 9.85. The Bertz CT molecular complexity index is 1220. The molecule has 7 nitrogen and oxygen atoms in total. The molecule has 2 amide bonds. The van der Waals surface area contributed by atoms with Crippen LogP contribution in [0.3, 0.4) is 0 Å². The molecule has 2 aromatic carbocycles. The second kappa shape index (κ2) is 10.9. The lowest BCUT2D eigenvalue weighted by Crippen LogP contribution is -2.49. The van der Waals surface area contributed by atoms with E-state index in [-0.39, 0.29) is 11.8 Å². The van der Waals surface area contributed by atoms with Crippen molar-refractivity contribution in [3.63, 3.8) is 0 Å². The fourth-order valence-corrected chi connectivity index (χ4v) is 5.65. The number of piperazine rings is 1. The molecule has 0 bridgehead atoms. The van der Waals surface area contributed by atoms with Gasteiger partial charge in [0.25, 0.3) is 5.91 Å². The van der Waals surface area contributed by atoms with Gasteiger partial charge >= 0.3 is 0 Å². The summed E-state index contributed by atoms with van der Waals surface area (Å²) >= 11 is 0. The van der Waals surface area contributed by atoms with Crippen LogP contribution >= 0.6 is 0 Å². The largest absolute Gasteiger partial charge is 0.489 e. The average molecular weight is 518 g/mol. The summed E-state index contributed by atoms with van der Waals surface area (Å²) in [6, 6.07) is 13.4. The van der Waals surface area contributed by atoms with E-state index in [2.05, 4.69) is 33.8 Å². The van der Waals surface area contributed by atoms with E-state index in [1.807, 2.05) is 24.3 Å². The van der Waals surface area contributed by atoms with Crippen LogP contribution in [0.4, 0.5) is 4.39 Å². The first kappa shape index (κ1) is 26.4. The predicted molar refractivity (Wildman–Crippen MR) is 147 cm³/mol. The molecule has 2 aromatic rings. The molecule has 0 aromatic heterocycles. The predicted octanol–water partition coefficient (Wildman–Crippen LogP) is 2.45. The van der Waals surface area contributed by atoms with Crippen molar-refractivity contribution in [3.8, 4) is 5.75 Å². The van der Waals surface area contributed by atoms with E-state index in [1.54, 1.807) is 25.7 Å². The van der Waals surface area contributed by atoms with Gasteiger partial charge in [-0.15, -0.1) is 0 Å². The minimum atomic E-state index is -1.17. The van der Waals surface area contributed by atoms with Crippen molar-refractivity contribution < 1.29 is 18.7 Å². The van der Waals surface area contributed by atoms with Gasteiger partial charge in [0.1, 0.15) is 18.4 Å². The number of hydrogen-bond acceptors (Lipinski definition) is 5. The van der Waals surface area contributed by atoms with Gasteiger partial charge in [0, 0.05) is 56.1 Å². The summed E-state index contributed by atoms with van der Waals surface area (Å²) in [4.78, 5) is 31.9. The number of amides is 2. The Balaban J connectivity index is 1.19. The summed E-state index contributed by atoms with van der Waals surface area (Å²) in [5.74, 6) is 0.376. The summed E-state index contributed by atoms with van der Waals surface area (Å²) in [6.07, 6.45) is 1.25. The molecule has 5 rings (SSSR count). The number of alkyl halides is 1. The molecule has 3 heterocycles. The Labute approximate surface area is 225 Å². The van der Waals surface area contributed by atoms with E-state index in [1.165, 1.54) is 5.56 Å². The van der Waals surface area contributed by atoms with Crippen LogP contribution in [0.2, 0.25) is 0 Å². The number of carbonyl (C=O) groups excluding carboxylic acids is 2. The van der Waals surface area contributed by atoms with E-state index in [0.717, 1.165) is 43.9 Å². The first-order valence-corrected chi connectivity index (χ1v) is 13.4. The van der Waals surface area contributed by atoms with Gasteiger partial charge in [0.15, 0.2) is 7.85 Å². The van der Waals surface area contributed by atoms with E-state index in [9.17, 15) is 14.0 Å². The number of nitrogens with one attached hydrogen (secondary N) is 1. The van der Waals surface area contributed by atoms with Gasteiger partial charge in [-0.05, 0) is 43.0 Å². The number of fused-ring (bicyclic) bond motifs is 1. The number of nitrogens with zero attached hydrogens (tertiary/aromatic N) is 3. The minimum Gasteiger partial charge on any atom is -0.489 e. The number of ether oxygens (including phenoxy) is 1. The fourth-order valence-electron chi connectivity index (χ4n) is 5.65. The number of carbonyl (C=O) groups is 2. The minimum absolute atomic E-state index is 0.129. The monoisotopic (exact) mass is 518 g/mol. The highest BCUT2D eigenvalue weighted by Gasteiger charge is 2.39. The Morgan fingerprint density at radius 3 is 2.55 bits per heavy atom. The van der Waals surface area contributed by atoms with Crippen LogP contribution < -0.4 is 10.1 Å². The highest BCUT2D eigenvalue weighted by atomic mass is 19.1. The van der Waals surface area contributed by atoms with Crippen LogP contribution in [0.15, 0.2) is 54.7 Å². The highest BCUT2D eigenvalue weighted by Crippen LogP contribution is 2.34. The normalized spacial score (nSPS) is 22.2. The Morgan fingerprint density at radius 2 is 1.82 bits per heavy atom. The van der Waals surface area contributed by atoms with Crippen molar-refractivity contribution in [1.82, 2.24) is 20.0 Å². The van der Waals surface area contributed by atoms with Crippen LogP contribution in [-0.2, 0) is 24.5 Å². The molecule has 3 aliphatic rings. The number of piperidine rings is 1. The molecule has 0 spiro atoms. The maximum Gasteiger partial charge on any atom is 0.255 e. The second-order valence-electron chi connectivity index (χ2n) is 11.2. The third kappa shape index (κ3) is 6.10. The maximum atomic E-state index is 14.0. The molecule has 3 aliphatic heterocycles. The molecule has 200 valence electrons. The van der Waals surface area contributed by atoms with Crippen LogP contribution in [0.5, 0.6) is 5.75 Å². The average Bonchev–Trinajstić information content (AvgIpc) is 3.20. The summed E-state index contributed by atoms with van der Waals surface area (Å²) in [7, 11) is 1.64. The highest BCUT2D eigenvalue weighted by molar-refractivity contribution is 6.14. The van der Waals surface area contributed by atoms with E-state index >= 15 is 0 Å². The number of benzene rings is 2. The van der Waals surface area contributed by atoms with Crippen LogP contribution in [0, 0.1) is 0 Å². The van der Waals surface area contributed by atoms with Crippen LogP contribution in [0.25, 0.3) is 0 Å². The molecule has 9 heteroatoms. The van der Waals surface area contributed by atoms with Crippen LogP contribution in [-0.4, -0.2) is 78.7 Å². The molecule has 1 N–H and O–H groups in total. The van der Waals surface area contributed by atoms with E-state index in [0.29, 0.717) is 49.5 Å². The molecule has 2 saturated heterocycles. The molecule has 38 heavy (non-hydrogen) atoms. The lowest BCUT2D eigenvalue weighted by molar-refractivity contribution is -0.126. The van der Waals surface area contributed by atoms with Crippen molar-refractivity contribution in [2.75, 3.05) is 32.7 Å². The summed E-state index contributed by atoms with van der Waals surface area (Å²) in [6.45, 7) is 11.1. The number of allylic oxidation sites excluding steroid dienone is 1. The summed E-state index contributed by atoms with van der Waals surface area (Å²) in [5, 5.41) is 2.78. The summed E-state index contributed by atoms with van der Waals surface area (Å²) < 4.78 is 20.2. The molecule has 2 unspecified atom stereocenters. The number of halogens is 1. The number of hydrogen-bond donors (Lipinski definition) is 1. The van der Waals surface area contributed by atoms with Crippen LogP contribution in [0.1, 0.15) is 46.8 Å². The zero-order valence-corrected chi connectivity index (χ0v) is 22.3. The van der Waals surface area contributed by atoms with Crippen molar-refractivity contribution in [2.24, 2.45) is 0 Å². The second-order valence-corrected chi connectivity index (χ2v) is 11.2. The van der Waals surface area contributed by atoms with E-state index < -0.39 is 11.6 Å². The fraction of sp³-hybridized carbons (Fsp3) is 0.448. The van der Waals surface area contributed by atoms with Gasteiger partial charge in [-0.1, -0.05) is 36.9 Å². The molecule has 0 saturated carbocycles. The molecule has 2 fully saturated rings. The molecular weight excluding hydrogens is 482 g/mol. The van der Waals surface area contributed by atoms with Crippen molar-refractivity contribution in [3.05, 3.63) is 77.0 Å². The zero-order valence-electron chi connectivity index (χ0n) is 22.3. The van der Waals surface area contributed by atoms with Gasteiger partial charge < -0.3 is 15.0 Å². The van der Waals surface area contributed by atoms with Crippen molar-refractivity contribution in [1.29, 1.82) is 0 Å². The summed E-state index contributed by atoms with van der Waals surface area (Å²) in [5.41, 5.74) is 3.24. The Kier molecular flexibility index (Phi) is 7.59. The molecular formula is C29H36BFN4O3.